The standard InChI is InChI=1S/C34H65NO5S/c1-3-5-7-9-11-13-14-15-16-17-18-19-20-21-22-24-26-28-30-34(37)35-32(31-41(38,39)40)33(36)29-27-25-23-12-10-8-6-4-2/h10,12,27,29,32-33,36H,3-9,11,13-26,28,30-31H2,1-2H3,(H,35,37)(H,38,39,40)/b12-10+,29-27+. The lowest BCUT2D eigenvalue weighted by atomic mass is 10.0. The fourth-order valence-electron chi connectivity index (χ4n) is 5.04. The second-order valence-corrected chi connectivity index (χ2v) is 13.3. The molecule has 0 aliphatic heterocycles. The van der Waals surface area contributed by atoms with Gasteiger partial charge >= 0.3 is 0 Å². The molecular formula is C34H65NO5S. The van der Waals surface area contributed by atoms with Crippen LogP contribution in [0.1, 0.15) is 168 Å². The normalized spacial score (nSPS) is 13.8. The number of unbranched alkanes of at least 4 members (excludes halogenated alkanes) is 20. The van der Waals surface area contributed by atoms with Crippen molar-refractivity contribution in [3.05, 3.63) is 24.3 Å². The zero-order chi connectivity index (χ0) is 30.4. The van der Waals surface area contributed by atoms with Crippen LogP contribution in [-0.2, 0) is 14.9 Å². The number of allylic oxidation sites excluding steroid dienone is 3. The summed E-state index contributed by atoms with van der Waals surface area (Å²) in [4.78, 5) is 12.4. The fourth-order valence-corrected chi connectivity index (χ4v) is 5.77. The first-order valence-corrected chi connectivity index (χ1v) is 18.6. The van der Waals surface area contributed by atoms with Crippen molar-refractivity contribution < 1.29 is 22.9 Å². The number of aliphatic hydroxyl groups excluding tert-OH is 1. The maximum atomic E-state index is 12.4. The molecule has 0 rings (SSSR count). The molecule has 0 radical (unpaired) electrons. The maximum Gasteiger partial charge on any atom is 0.267 e. The highest BCUT2D eigenvalue weighted by atomic mass is 32.2. The largest absolute Gasteiger partial charge is 0.387 e. The molecule has 242 valence electrons. The Morgan fingerprint density at radius 2 is 1.05 bits per heavy atom. The average molecular weight is 600 g/mol. The van der Waals surface area contributed by atoms with E-state index in [2.05, 4.69) is 31.3 Å². The fraction of sp³-hybridized carbons (Fsp3) is 0.853. The third-order valence-electron chi connectivity index (χ3n) is 7.63. The zero-order valence-corrected chi connectivity index (χ0v) is 27.5. The minimum Gasteiger partial charge on any atom is -0.387 e. The molecule has 3 N–H and O–H groups in total. The van der Waals surface area contributed by atoms with Gasteiger partial charge in [0, 0.05) is 6.42 Å². The molecule has 0 aromatic heterocycles. The smallest absolute Gasteiger partial charge is 0.267 e. The highest BCUT2D eigenvalue weighted by molar-refractivity contribution is 7.85. The van der Waals surface area contributed by atoms with Crippen LogP contribution in [0.3, 0.4) is 0 Å². The first kappa shape index (κ1) is 39.8. The minimum absolute atomic E-state index is 0.290. The Hall–Kier alpha value is -1.18. The highest BCUT2D eigenvalue weighted by Crippen LogP contribution is 2.15. The molecule has 41 heavy (non-hydrogen) atoms. The summed E-state index contributed by atoms with van der Waals surface area (Å²) in [7, 11) is -4.34. The van der Waals surface area contributed by atoms with Crippen molar-refractivity contribution in [2.75, 3.05) is 5.75 Å². The molecule has 6 nitrogen and oxygen atoms in total. The lowest BCUT2D eigenvalue weighted by Gasteiger charge is -2.21. The van der Waals surface area contributed by atoms with Crippen LogP contribution >= 0.6 is 0 Å². The van der Waals surface area contributed by atoms with Gasteiger partial charge in [-0.3, -0.25) is 9.35 Å². The SMILES string of the molecule is CCCC/C=C/CC/C=C/C(O)C(CS(=O)(=O)O)NC(=O)CCCCCCCCCCCCCCCCCCCC. The second-order valence-electron chi connectivity index (χ2n) is 11.8. The summed E-state index contributed by atoms with van der Waals surface area (Å²) in [5.41, 5.74) is 0. The van der Waals surface area contributed by atoms with Gasteiger partial charge in [-0.05, 0) is 25.7 Å². The van der Waals surface area contributed by atoms with Crippen LogP contribution in [0.5, 0.6) is 0 Å². The number of aliphatic hydroxyl groups is 1. The summed E-state index contributed by atoms with van der Waals surface area (Å²) < 4.78 is 32.1. The molecule has 0 heterocycles. The molecule has 0 aromatic rings. The van der Waals surface area contributed by atoms with Crippen LogP contribution < -0.4 is 5.32 Å². The Morgan fingerprint density at radius 3 is 1.51 bits per heavy atom. The third kappa shape index (κ3) is 30.1. The van der Waals surface area contributed by atoms with Crippen LogP contribution in [0.2, 0.25) is 0 Å². The number of carbonyl (C=O) groups is 1. The number of hydrogen-bond donors (Lipinski definition) is 3. The monoisotopic (exact) mass is 599 g/mol. The van der Waals surface area contributed by atoms with Gasteiger partial charge in [-0.25, -0.2) is 0 Å². The second kappa shape index (κ2) is 28.9. The van der Waals surface area contributed by atoms with E-state index in [1.807, 2.05) is 0 Å². The lowest BCUT2D eigenvalue weighted by Crippen LogP contribution is -2.46. The molecule has 2 unspecified atom stereocenters. The molecular weight excluding hydrogens is 534 g/mol. The van der Waals surface area contributed by atoms with E-state index < -0.39 is 28.0 Å². The highest BCUT2D eigenvalue weighted by Gasteiger charge is 2.24. The molecule has 0 fully saturated rings. The molecule has 7 heteroatoms. The Balaban J connectivity index is 3.89. The first-order valence-electron chi connectivity index (χ1n) is 17.0. The van der Waals surface area contributed by atoms with Gasteiger partial charge in [0.25, 0.3) is 10.1 Å². The minimum atomic E-state index is -4.34. The predicted molar refractivity (Wildman–Crippen MR) is 175 cm³/mol. The van der Waals surface area contributed by atoms with Gasteiger partial charge in [-0.1, -0.05) is 160 Å². The van der Waals surface area contributed by atoms with Gasteiger partial charge in [-0.15, -0.1) is 0 Å². The van der Waals surface area contributed by atoms with Gasteiger partial charge in [0.1, 0.15) is 0 Å². The maximum absolute atomic E-state index is 12.4. The van der Waals surface area contributed by atoms with Crippen LogP contribution in [0.4, 0.5) is 0 Å². The summed E-state index contributed by atoms with van der Waals surface area (Å²) >= 11 is 0. The van der Waals surface area contributed by atoms with Gasteiger partial charge in [0.15, 0.2) is 0 Å². The molecule has 0 bridgehead atoms. The summed E-state index contributed by atoms with van der Waals surface area (Å²) in [6.45, 7) is 4.42. The van der Waals surface area contributed by atoms with Crippen LogP contribution in [0.15, 0.2) is 24.3 Å². The molecule has 0 aliphatic rings. The molecule has 0 saturated heterocycles. The van der Waals surface area contributed by atoms with Crippen molar-refractivity contribution in [3.8, 4) is 0 Å². The van der Waals surface area contributed by atoms with Crippen molar-refractivity contribution in [1.82, 2.24) is 5.32 Å². The first-order chi connectivity index (χ1) is 19.8. The molecule has 1 amide bonds. The van der Waals surface area contributed by atoms with Crippen LogP contribution in [0.25, 0.3) is 0 Å². The Labute approximate surface area is 254 Å². The van der Waals surface area contributed by atoms with Gasteiger partial charge in [-0.2, -0.15) is 8.42 Å². The third-order valence-corrected chi connectivity index (χ3v) is 8.41. The topological polar surface area (TPSA) is 104 Å². The molecule has 0 saturated carbocycles. The van der Waals surface area contributed by atoms with E-state index in [0.717, 1.165) is 38.5 Å². The van der Waals surface area contributed by atoms with Crippen molar-refractivity contribution >= 4 is 16.0 Å². The quantitative estimate of drug-likeness (QED) is 0.0434. The van der Waals surface area contributed by atoms with E-state index in [-0.39, 0.29) is 5.91 Å². The molecule has 0 aliphatic carbocycles. The van der Waals surface area contributed by atoms with Crippen molar-refractivity contribution in [2.45, 2.75) is 180 Å². The predicted octanol–water partition coefficient (Wildman–Crippen LogP) is 9.23. The van der Waals surface area contributed by atoms with E-state index in [9.17, 15) is 22.9 Å². The van der Waals surface area contributed by atoms with Crippen LogP contribution in [-0.4, -0.2) is 41.9 Å². The van der Waals surface area contributed by atoms with E-state index >= 15 is 0 Å². The van der Waals surface area contributed by atoms with Crippen molar-refractivity contribution in [3.63, 3.8) is 0 Å². The summed E-state index contributed by atoms with van der Waals surface area (Å²) in [6.07, 6.45) is 34.7. The number of carbonyl (C=O) groups excluding carboxylic acids is 1. The zero-order valence-electron chi connectivity index (χ0n) is 26.7. The number of amides is 1. The molecule has 2 atom stereocenters. The van der Waals surface area contributed by atoms with Crippen molar-refractivity contribution in [1.29, 1.82) is 0 Å². The van der Waals surface area contributed by atoms with Gasteiger partial charge < -0.3 is 10.4 Å². The molecule has 0 spiro atoms. The van der Waals surface area contributed by atoms with Gasteiger partial charge in [0.05, 0.1) is 17.9 Å². The van der Waals surface area contributed by atoms with E-state index in [4.69, 9.17) is 0 Å². The lowest BCUT2D eigenvalue weighted by molar-refractivity contribution is -0.122. The van der Waals surface area contributed by atoms with E-state index in [1.165, 1.54) is 109 Å². The number of hydrogen-bond acceptors (Lipinski definition) is 4. The van der Waals surface area contributed by atoms with Gasteiger partial charge in [0.2, 0.25) is 5.91 Å². The summed E-state index contributed by atoms with van der Waals surface area (Å²) in [5.74, 6) is -0.998. The van der Waals surface area contributed by atoms with Crippen LogP contribution in [0, 0.1) is 0 Å². The number of nitrogens with one attached hydrogen (secondary N) is 1. The number of rotatable bonds is 30. The Kier molecular flexibility index (Phi) is 28.1. The van der Waals surface area contributed by atoms with Crippen molar-refractivity contribution in [2.24, 2.45) is 0 Å². The van der Waals surface area contributed by atoms with E-state index in [0.29, 0.717) is 12.8 Å². The summed E-state index contributed by atoms with van der Waals surface area (Å²) in [5, 5.41) is 13.0. The molecule has 0 aromatic carbocycles. The van der Waals surface area contributed by atoms with E-state index in [1.54, 1.807) is 6.08 Å². The Morgan fingerprint density at radius 1 is 0.634 bits per heavy atom. The average Bonchev–Trinajstić information content (AvgIpc) is 2.92. The Bertz CT molecular complexity index is 750. The summed E-state index contributed by atoms with van der Waals surface area (Å²) in [6, 6.07) is -1.07.